The highest BCUT2D eigenvalue weighted by molar-refractivity contribution is 5.81. The molecule has 2 unspecified atom stereocenters. The Bertz CT molecular complexity index is 204. The molecule has 0 aliphatic heterocycles. The molecule has 0 aromatic heterocycles. The van der Waals surface area contributed by atoms with E-state index in [1.54, 1.807) is 0 Å². The van der Waals surface area contributed by atoms with E-state index in [1.807, 2.05) is 6.92 Å². The van der Waals surface area contributed by atoms with Gasteiger partial charge in [-0.1, -0.05) is 39.2 Å². The minimum absolute atomic E-state index is 0.244. The first-order chi connectivity index (χ1) is 7.60. The number of ether oxygens (including phenoxy) is 1. The summed E-state index contributed by atoms with van der Waals surface area (Å²) >= 11 is 0. The molecule has 3 heteroatoms. The van der Waals surface area contributed by atoms with Crippen LogP contribution in [0.4, 0.5) is 0 Å². The molecule has 0 amide bonds. The standard InChI is InChI=1S/C13H25NO2/c1-5-7-8-9-10-11(3)14-12(4)16-13(15)6-2/h6,11-12,14H,2,5,7-10H2,1,3-4H3. The molecule has 3 nitrogen and oxygen atoms in total. The van der Waals surface area contributed by atoms with Gasteiger partial charge in [0.1, 0.15) is 0 Å². The van der Waals surface area contributed by atoms with Gasteiger partial charge in [-0.3, -0.25) is 5.32 Å². The molecule has 0 rings (SSSR count). The van der Waals surface area contributed by atoms with Crippen molar-refractivity contribution in [2.45, 2.75) is 65.1 Å². The van der Waals surface area contributed by atoms with Crippen molar-refractivity contribution in [3.63, 3.8) is 0 Å². The molecule has 0 heterocycles. The highest BCUT2D eigenvalue weighted by Gasteiger charge is 2.09. The number of nitrogens with one attached hydrogen (secondary N) is 1. The minimum Gasteiger partial charge on any atom is -0.444 e. The molecule has 94 valence electrons. The third kappa shape index (κ3) is 8.48. The van der Waals surface area contributed by atoms with Crippen molar-refractivity contribution >= 4 is 5.97 Å². The summed E-state index contributed by atoms with van der Waals surface area (Å²) in [5.41, 5.74) is 0. The number of rotatable bonds is 9. The van der Waals surface area contributed by atoms with Crippen molar-refractivity contribution in [3.8, 4) is 0 Å². The fourth-order valence-electron chi connectivity index (χ4n) is 1.62. The van der Waals surface area contributed by atoms with Crippen molar-refractivity contribution in [2.75, 3.05) is 0 Å². The van der Waals surface area contributed by atoms with Gasteiger partial charge in [-0.25, -0.2) is 4.79 Å². The Morgan fingerprint density at radius 3 is 2.62 bits per heavy atom. The molecule has 0 aromatic carbocycles. The molecular weight excluding hydrogens is 202 g/mol. The highest BCUT2D eigenvalue weighted by atomic mass is 16.6. The van der Waals surface area contributed by atoms with Gasteiger partial charge in [-0.15, -0.1) is 0 Å². The van der Waals surface area contributed by atoms with Crippen LogP contribution in [0.5, 0.6) is 0 Å². The van der Waals surface area contributed by atoms with Crippen LogP contribution in [0.25, 0.3) is 0 Å². The largest absolute Gasteiger partial charge is 0.444 e. The van der Waals surface area contributed by atoms with E-state index in [-0.39, 0.29) is 12.2 Å². The third-order valence-corrected chi connectivity index (χ3v) is 2.47. The normalized spacial score (nSPS) is 14.2. The molecule has 0 aliphatic carbocycles. The van der Waals surface area contributed by atoms with Crippen LogP contribution in [0, 0.1) is 0 Å². The lowest BCUT2D eigenvalue weighted by Gasteiger charge is -2.19. The van der Waals surface area contributed by atoms with E-state index in [0.717, 1.165) is 6.42 Å². The quantitative estimate of drug-likeness (QED) is 0.285. The van der Waals surface area contributed by atoms with Gasteiger partial charge in [-0.2, -0.15) is 0 Å². The van der Waals surface area contributed by atoms with Crippen LogP contribution >= 0.6 is 0 Å². The first kappa shape index (κ1) is 15.2. The van der Waals surface area contributed by atoms with Gasteiger partial charge >= 0.3 is 5.97 Å². The summed E-state index contributed by atoms with van der Waals surface area (Å²) in [5, 5.41) is 3.23. The van der Waals surface area contributed by atoms with Crippen LogP contribution in [0.2, 0.25) is 0 Å². The average molecular weight is 227 g/mol. The Kier molecular flexibility index (Phi) is 8.91. The van der Waals surface area contributed by atoms with E-state index < -0.39 is 0 Å². The molecule has 0 bridgehead atoms. The Morgan fingerprint density at radius 1 is 1.38 bits per heavy atom. The van der Waals surface area contributed by atoms with Crippen molar-refractivity contribution in [1.82, 2.24) is 5.32 Å². The average Bonchev–Trinajstić information content (AvgIpc) is 2.24. The molecule has 0 saturated carbocycles. The fourth-order valence-corrected chi connectivity index (χ4v) is 1.62. The van der Waals surface area contributed by atoms with Gasteiger partial charge in [0.15, 0.2) is 6.23 Å². The number of carbonyl (C=O) groups is 1. The van der Waals surface area contributed by atoms with Crippen molar-refractivity contribution in [1.29, 1.82) is 0 Å². The number of hydrogen-bond donors (Lipinski definition) is 1. The number of carbonyl (C=O) groups excluding carboxylic acids is 1. The maximum Gasteiger partial charge on any atom is 0.331 e. The van der Waals surface area contributed by atoms with Crippen molar-refractivity contribution in [2.24, 2.45) is 0 Å². The second-order valence-electron chi connectivity index (χ2n) is 4.20. The van der Waals surface area contributed by atoms with Crippen LogP contribution in [-0.4, -0.2) is 18.2 Å². The van der Waals surface area contributed by atoms with Gasteiger partial charge < -0.3 is 4.74 Å². The topological polar surface area (TPSA) is 38.3 Å². The number of hydrogen-bond acceptors (Lipinski definition) is 3. The van der Waals surface area contributed by atoms with E-state index in [2.05, 4.69) is 25.7 Å². The van der Waals surface area contributed by atoms with Crippen LogP contribution in [0.15, 0.2) is 12.7 Å². The number of unbranched alkanes of at least 4 members (excludes halogenated alkanes) is 3. The second kappa shape index (κ2) is 9.40. The van der Waals surface area contributed by atoms with E-state index in [1.165, 1.54) is 31.8 Å². The SMILES string of the molecule is C=CC(=O)OC(C)NC(C)CCCCCC. The zero-order valence-electron chi connectivity index (χ0n) is 10.8. The minimum atomic E-state index is -0.377. The maximum atomic E-state index is 10.9. The Balaban J connectivity index is 3.57. The van der Waals surface area contributed by atoms with Crippen LogP contribution < -0.4 is 5.32 Å². The van der Waals surface area contributed by atoms with Gasteiger partial charge in [0.05, 0.1) is 0 Å². The Labute approximate surface area is 99.3 Å². The summed E-state index contributed by atoms with van der Waals surface area (Å²) in [6.45, 7) is 9.52. The summed E-state index contributed by atoms with van der Waals surface area (Å²) < 4.78 is 5.03. The lowest BCUT2D eigenvalue weighted by atomic mass is 10.1. The molecule has 0 fully saturated rings. The second-order valence-corrected chi connectivity index (χ2v) is 4.20. The van der Waals surface area contributed by atoms with E-state index >= 15 is 0 Å². The van der Waals surface area contributed by atoms with Crippen LogP contribution in [0.3, 0.4) is 0 Å². The zero-order valence-corrected chi connectivity index (χ0v) is 10.8. The predicted molar refractivity (Wildman–Crippen MR) is 67.1 cm³/mol. The Hall–Kier alpha value is -0.830. The molecule has 0 radical (unpaired) electrons. The van der Waals surface area contributed by atoms with Crippen molar-refractivity contribution < 1.29 is 9.53 Å². The number of esters is 1. The monoisotopic (exact) mass is 227 g/mol. The van der Waals surface area contributed by atoms with E-state index in [0.29, 0.717) is 6.04 Å². The maximum absolute atomic E-state index is 10.9. The van der Waals surface area contributed by atoms with Crippen LogP contribution in [0.1, 0.15) is 52.9 Å². The Morgan fingerprint density at radius 2 is 2.06 bits per heavy atom. The molecule has 1 N–H and O–H groups in total. The van der Waals surface area contributed by atoms with Gasteiger partial charge in [-0.05, 0) is 20.3 Å². The first-order valence-electron chi connectivity index (χ1n) is 6.19. The molecular formula is C13H25NO2. The highest BCUT2D eigenvalue weighted by Crippen LogP contribution is 2.06. The lowest BCUT2D eigenvalue weighted by Crippen LogP contribution is -2.37. The molecule has 0 saturated heterocycles. The predicted octanol–water partition coefficient (Wildman–Crippen LogP) is 3.01. The summed E-state index contributed by atoms with van der Waals surface area (Å²) in [6, 6.07) is 0.379. The van der Waals surface area contributed by atoms with E-state index in [4.69, 9.17) is 4.74 Å². The van der Waals surface area contributed by atoms with Gasteiger partial charge in [0, 0.05) is 12.1 Å². The first-order valence-corrected chi connectivity index (χ1v) is 6.19. The summed E-state index contributed by atoms with van der Waals surface area (Å²) in [5.74, 6) is -0.377. The van der Waals surface area contributed by atoms with Gasteiger partial charge in [0.25, 0.3) is 0 Å². The summed E-state index contributed by atoms with van der Waals surface area (Å²) in [7, 11) is 0. The fraction of sp³-hybridized carbons (Fsp3) is 0.769. The van der Waals surface area contributed by atoms with Gasteiger partial charge in [0.2, 0.25) is 0 Å². The van der Waals surface area contributed by atoms with E-state index in [9.17, 15) is 4.79 Å². The molecule has 0 aliphatic rings. The molecule has 16 heavy (non-hydrogen) atoms. The smallest absolute Gasteiger partial charge is 0.331 e. The molecule has 0 aromatic rings. The summed E-state index contributed by atoms with van der Waals surface area (Å²) in [6.07, 6.45) is 7.13. The summed E-state index contributed by atoms with van der Waals surface area (Å²) in [4.78, 5) is 10.9. The molecule has 2 atom stereocenters. The molecule has 0 spiro atoms. The zero-order chi connectivity index (χ0) is 12.4. The lowest BCUT2D eigenvalue weighted by molar-refractivity contribution is -0.143. The van der Waals surface area contributed by atoms with Crippen molar-refractivity contribution in [3.05, 3.63) is 12.7 Å². The van der Waals surface area contributed by atoms with Crippen LogP contribution in [-0.2, 0) is 9.53 Å². The third-order valence-electron chi connectivity index (χ3n) is 2.47.